The van der Waals surface area contributed by atoms with Crippen molar-refractivity contribution in [3.8, 4) is 0 Å². The topological polar surface area (TPSA) is 78.9 Å². The summed E-state index contributed by atoms with van der Waals surface area (Å²) in [5, 5.41) is 0. The number of carbonyl (C=O) groups is 3. The van der Waals surface area contributed by atoms with Gasteiger partial charge in [-0.25, -0.2) is 0 Å². The average molecular weight is 1120 g/mol. The lowest BCUT2D eigenvalue weighted by Crippen LogP contribution is -2.30. The second kappa shape index (κ2) is 68.6. The Morgan fingerprint density at radius 2 is 0.487 bits per heavy atom. The molecule has 466 valence electrons. The summed E-state index contributed by atoms with van der Waals surface area (Å²) in [7, 11) is 0. The maximum atomic E-state index is 12.9. The van der Waals surface area contributed by atoms with E-state index in [9.17, 15) is 14.4 Å². The summed E-state index contributed by atoms with van der Waals surface area (Å²) < 4.78 is 16.9. The smallest absolute Gasteiger partial charge is 0.306 e. The molecule has 0 amide bonds. The molecule has 0 fully saturated rings. The van der Waals surface area contributed by atoms with Gasteiger partial charge in [0.05, 0.1) is 0 Å². The van der Waals surface area contributed by atoms with Crippen molar-refractivity contribution in [3.63, 3.8) is 0 Å². The van der Waals surface area contributed by atoms with Gasteiger partial charge in [-0.05, 0) is 57.8 Å². The molecule has 6 nitrogen and oxygen atoms in total. The third-order valence-corrected chi connectivity index (χ3v) is 15.8. The molecule has 1 unspecified atom stereocenters. The van der Waals surface area contributed by atoms with E-state index >= 15 is 0 Å². The molecule has 0 spiro atoms. The van der Waals surface area contributed by atoms with E-state index < -0.39 is 6.10 Å². The zero-order valence-corrected chi connectivity index (χ0v) is 53.6. The van der Waals surface area contributed by atoms with Gasteiger partial charge >= 0.3 is 17.9 Å². The molecule has 0 radical (unpaired) electrons. The van der Waals surface area contributed by atoms with Crippen LogP contribution in [0.25, 0.3) is 0 Å². The van der Waals surface area contributed by atoms with Gasteiger partial charge in [-0.1, -0.05) is 358 Å². The Balaban J connectivity index is 4.22. The van der Waals surface area contributed by atoms with Crippen LogP contribution in [0.3, 0.4) is 0 Å². The molecule has 0 saturated heterocycles. The Hall–Kier alpha value is -2.89. The molecule has 0 bridgehead atoms. The Bertz CT molecular complexity index is 1430. The zero-order valence-electron chi connectivity index (χ0n) is 53.6. The number of allylic oxidation sites excluding steroid dienone is 10. The van der Waals surface area contributed by atoms with E-state index in [2.05, 4.69) is 81.5 Å². The summed E-state index contributed by atoms with van der Waals surface area (Å²) in [4.78, 5) is 38.4. The molecule has 0 heterocycles. The van der Waals surface area contributed by atoms with Crippen LogP contribution in [0.15, 0.2) is 60.8 Å². The van der Waals surface area contributed by atoms with Crippen LogP contribution in [0, 0.1) is 0 Å². The van der Waals surface area contributed by atoms with Crippen molar-refractivity contribution >= 4 is 17.9 Å². The van der Waals surface area contributed by atoms with E-state index in [1.54, 1.807) is 0 Å². The highest BCUT2D eigenvalue weighted by molar-refractivity contribution is 5.71. The molecule has 0 aliphatic heterocycles. The van der Waals surface area contributed by atoms with Crippen LogP contribution in [-0.2, 0) is 28.6 Å². The summed E-state index contributed by atoms with van der Waals surface area (Å²) in [5.74, 6) is -0.927. The summed E-state index contributed by atoms with van der Waals surface area (Å²) in [6.45, 7) is 6.54. The lowest BCUT2D eigenvalue weighted by Gasteiger charge is -2.18. The molecular weight excluding hydrogens is 985 g/mol. The van der Waals surface area contributed by atoms with Gasteiger partial charge < -0.3 is 14.2 Å². The van der Waals surface area contributed by atoms with Crippen molar-refractivity contribution in [2.24, 2.45) is 0 Å². The molecule has 0 aliphatic rings. The molecule has 0 N–H and O–H groups in total. The molecule has 0 saturated carbocycles. The first-order valence-electron chi connectivity index (χ1n) is 35.3. The van der Waals surface area contributed by atoms with Crippen molar-refractivity contribution in [2.75, 3.05) is 13.2 Å². The predicted molar refractivity (Wildman–Crippen MR) is 348 cm³/mol. The summed E-state index contributed by atoms with van der Waals surface area (Å²) >= 11 is 0. The molecule has 0 aromatic carbocycles. The summed E-state index contributed by atoms with van der Waals surface area (Å²) in [6, 6.07) is 0. The number of hydrogen-bond acceptors (Lipinski definition) is 6. The van der Waals surface area contributed by atoms with E-state index in [4.69, 9.17) is 14.2 Å². The molecule has 80 heavy (non-hydrogen) atoms. The quantitative estimate of drug-likeness (QED) is 0.0261. The Labute approximate surface area is 498 Å². The predicted octanol–water partition coefficient (Wildman–Crippen LogP) is 24.3. The van der Waals surface area contributed by atoms with Gasteiger partial charge in [-0.3, -0.25) is 14.4 Å². The first-order valence-corrected chi connectivity index (χ1v) is 35.3. The Kier molecular flexibility index (Phi) is 66.1. The number of hydrogen-bond donors (Lipinski definition) is 0. The number of rotatable bonds is 65. The molecular formula is C74H134O6. The third-order valence-electron chi connectivity index (χ3n) is 15.8. The standard InChI is InChI=1S/C74H134O6/c1-4-7-10-13-16-19-22-25-28-30-31-32-33-34-35-36-37-38-39-40-41-42-44-46-49-52-55-58-61-64-67-73(76)79-70-71(69-78-72(75)66-63-60-57-54-51-48-45-27-24-21-18-15-12-9-6-3)80-74(77)68-65-62-59-56-53-50-47-43-29-26-23-20-17-14-11-8-5-2/h8,11,17,20,26,29,47,50,56,59,71H,4-7,9-10,12-16,18-19,21-25,27-28,30-46,48-49,51-55,57-58,60-70H2,1-3H3/b11-8-,20-17-,29-26-,50-47-,59-56-. The van der Waals surface area contributed by atoms with Crippen LogP contribution in [0.1, 0.15) is 374 Å². The minimum absolute atomic E-state index is 0.0921. The summed E-state index contributed by atoms with van der Waals surface area (Å²) in [6.07, 6.45) is 88.4. The third kappa shape index (κ3) is 65.9. The second-order valence-corrected chi connectivity index (χ2v) is 23.8. The van der Waals surface area contributed by atoms with Crippen molar-refractivity contribution < 1.29 is 28.6 Å². The monoisotopic (exact) mass is 1120 g/mol. The summed E-state index contributed by atoms with van der Waals surface area (Å²) in [5.41, 5.74) is 0. The Morgan fingerprint density at radius 3 is 0.750 bits per heavy atom. The minimum atomic E-state index is -0.802. The van der Waals surface area contributed by atoms with Gasteiger partial charge in [0.2, 0.25) is 0 Å². The zero-order chi connectivity index (χ0) is 57.8. The van der Waals surface area contributed by atoms with Gasteiger partial charge in [-0.15, -0.1) is 0 Å². The fourth-order valence-corrected chi connectivity index (χ4v) is 10.5. The lowest BCUT2D eigenvalue weighted by molar-refractivity contribution is -0.167. The van der Waals surface area contributed by atoms with Crippen LogP contribution in [0.5, 0.6) is 0 Å². The number of ether oxygens (including phenoxy) is 3. The molecule has 0 aromatic heterocycles. The largest absolute Gasteiger partial charge is 0.462 e. The van der Waals surface area contributed by atoms with E-state index in [1.165, 1.54) is 250 Å². The maximum absolute atomic E-state index is 12.9. The van der Waals surface area contributed by atoms with Crippen LogP contribution >= 0.6 is 0 Å². The van der Waals surface area contributed by atoms with Gasteiger partial charge in [0.1, 0.15) is 13.2 Å². The van der Waals surface area contributed by atoms with Crippen molar-refractivity contribution in [3.05, 3.63) is 60.8 Å². The van der Waals surface area contributed by atoms with Crippen molar-refractivity contribution in [1.82, 2.24) is 0 Å². The van der Waals surface area contributed by atoms with E-state index in [0.717, 1.165) is 77.0 Å². The van der Waals surface area contributed by atoms with E-state index in [-0.39, 0.29) is 37.5 Å². The number of unbranched alkanes of at least 4 members (excludes halogenated alkanes) is 44. The molecule has 0 aromatic rings. The van der Waals surface area contributed by atoms with Gasteiger partial charge in [-0.2, -0.15) is 0 Å². The van der Waals surface area contributed by atoms with Crippen LogP contribution in [-0.4, -0.2) is 37.2 Å². The van der Waals surface area contributed by atoms with E-state index in [0.29, 0.717) is 19.3 Å². The van der Waals surface area contributed by atoms with Gasteiger partial charge in [0.15, 0.2) is 6.10 Å². The molecule has 6 heteroatoms. The van der Waals surface area contributed by atoms with Crippen LogP contribution < -0.4 is 0 Å². The van der Waals surface area contributed by atoms with Crippen molar-refractivity contribution in [1.29, 1.82) is 0 Å². The van der Waals surface area contributed by atoms with Crippen LogP contribution in [0.4, 0.5) is 0 Å². The first kappa shape index (κ1) is 77.1. The molecule has 0 rings (SSSR count). The fraction of sp³-hybridized carbons (Fsp3) is 0.824. The first-order chi connectivity index (χ1) is 39.5. The minimum Gasteiger partial charge on any atom is -0.462 e. The highest BCUT2D eigenvalue weighted by Gasteiger charge is 2.19. The normalized spacial score (nSPS) is 12.4. The lowest BCUT2D eigenvalue weighted by atomic mass is 10.0. The Morgan fingerprint density at radius 1 is 0.263 bits per heavy atom. The second-order valence-electron chi connectivity index (χ2n) is 23.8. The fourth-order valence-electron chi connectivity index (χ4n) is 10.5. The highest BCUT2D eigenvalue weighted by atomic mass is 16.6. The van der Waals surface area contributed by atoms with Crippen molar-refractivity contribution in [2.45, 2.75) is 380 Å². The number of esters is 3. The van der Waals surface area contributed by atoms with Gasteiger partial charge in [0, 0.05) is 19.3 Å². The van der Waals surface area contributed by atoms with E-state index in [1.807, 2.05) is 0 Å². The number of carbonyl (C=O) groups excluding carboxylic acids is 3. The molecule has 1 atom stereocenters. The maximum Gasteiger partial charge on any atom is 0.306 e. The highest BCUT2D eigenvalue weighted by Crippen LogP contribution is 2.19. The van der Waals surface area contributed by atoms with Gasteiger partial charge in [0.25, 0.3) is 0 Å². The SMILES string of the molecule is CC/C=C\C/C=C\C/C=C\C/C=C\C/C=C\CCCC(=O)OC(COC(=O)CCCCCCCCCCCCCCCCC)COC(=O)CCCCCCCCCCCCCCCCCCCCCCCCCCCCCCCC. The molecule has 0 aliphatic carbocycles. The van der Waals surface area contributed by atoms with Crippen LogP contribution in [0.2, 0.25) is 0 Å². The average Bonchev–Trinajstić information content (AvgIpc) is 3.46.